The van der Waals surface area contributed by atoms with E-state index in [1.807, 2.05) is 24.3 Å². The lowest BCUT2D eigenvalue weighted by Gasteiger charge is -2.22. The van der Waals surface area contributed by atoms with Gasteiger partial charge in [-0.05, 0) is 44.4 Å². The third-order valence-electron chi connectivity index (χ3n) is 4.44. The zero-order valence-corrected chi connectivity index (χ0v) is 12.4. The molecule has 0 bridgehead atoms. The van der Waals surface area contributed by atoms with Gasteiger partial charge < -0.3 is 15.4 Å². The van der Waals surface area contributed by atoms with Crippen LogP contribution in [0, 0.1) is 5.92 Å². The second-order valence-electron chi connectivity index (χ2n) is 6.09. The highest BCUT2D eigenvalue weighted by molar-refractivity contribution is 5.77. The van der Waals surface area contributed by atoms with Crippen LogP contribution in [0.15, 0.2) is 24.3 Å². The maximum absolute atomic E-state index is 12.3. The molecule has 0 spiro atoms. The molecule has 21 heavy (non-hydrogen) atoms. The molecule has 1 unspecified atom stereocenters. The lowest BCUT2D eigenvalue weighted by atomic mass is 10.00. The molecule has 1 aromatic rings. The minimum atomic E-state index is -0.108. The van der Waals surface area contributed by atoms with E-state index in [0.717, 1.165) is 31.6 Å². The number of hydrogen-bond donors (Lipinski definition) is 2. The minimum absolute atomic E-state index is 0.0155. The third-order valence-corrected chi connectivity index (χ3v) is 4.44. The zero-order valence-electron chi connectivity index (χ0n) is 12.4. The van der Waals surface area contributed by atoms with E-state index in [9.17, 15) is 4.79 Å². The molecule has 1 aliphatic heterocycles. The van der Waals surface area contributed by atoms with Crippen molar-refractivity contribution in [3.8, 4) is 5.75 Å². The van der Waals surface area contributed by atoms with Crippen molar-refractivity contribution in [1.29, 1.82) is 0 Å². The number of rotatable bonds is 4. The molecule has 0 amide bonds. The van der Waals surface area contributed by atoms with Crippen molar-refractivity contribution < 1.29 is 9.53 Å². The molecule has 1 saturated heterocycles. The number of anilines is 1. The van der Waals surface area contributed by atoms with Gasteiger partial charge in [0.05, 0.1) is 11.6 Å². The van der Waals surface area contributed by atoms with Crippen molar-refractivity contribution in [3.05, 3.63) is 24.3 Å². The van der Waals surface area contributed by atoms with E-state index in [1.165, 1.54) is 25.7 Å². The summed E-state index contributed by atoms with van der Waals surface area (Å²) in [4.78, 5) is 12.3. The highest BCUT2D eigenvalue weighted by Crippen LogP contribution is 2.29. The summed E-state index contributed by atoms with van der Waals surface area (Å²) in [6, 6.07) is 8.30. The van der Waals surface area contributed by atoms with Crippen LogP contribution < -0.4 is 15.4 Å². The highest BCUT2D eigenvalue weighted by Gasteiger charge is 2.24. The predicted molar refractivity (Wildman–Crippen MR) is 83.5 cm³/mol. The van der Waals surface area contributed by atoms with Gasteiger partial charge in [0.25, 0.3) is 0 Å². The quantitative estimate of drug-likeness (QED) is 0.660. The second-order valence-corrected chi connectivity index (χ2v) is 6.09. The second kappa shape index (κ2) is 6.94. The van der Waals surface area contributed by atoms with E-state index in [2.05, 4.69) is 10.6 Å². The molecule has 2 fully saturated rings. The molecule has 4 heteroatoms. The number of benzene rings is 1. The standard InChI is InChI=1S/C17H24N2O2/c20-17(13-6-5-11-18-12-13)21-16-10-4-3-9-15(16)19-14-7-1-2-8-14/h3-4,9-10,13-14,18-19H,1-2,5-8,11-12H2. The summed E-state index contributed by atoms with van der Waals surface area (Å²) in [7, 11) is 0. The fourth-order valence-corrected chi connectivity index (χ4v) is 3.21. The van der Waals surface area contributed by atoms with E-state index in [4.69, 9.17) is 4.74 Å². The van der Waals surface area contributed by atoms with E-state index >= 15 is 0 Å². The average molecular weight is 288 g/mol. The number of esters is 1. The molecule has 1 saturated carbocycles. The molecule has 2 N–H and O–H groups in total. The van der Waals surface area contributed by atoms with E-state index in [-0.39, 0.29) is 11.9 Å². The van der Waals surface area contributed by atoms with Crippen molar-refractivity contribution >= 4 is 11.7 Å². The number of ether oxygens (including phenoxy) is 1. The maximum atomic E-state index is 12.3. The smallest absolute Gasteiger partial charge is 0.315 e. The Morgan fingerprint density at radius 2 is 1.95 bits per heavy atom. The Hall–Kier alpha value is -1.55. The van der Waals surface area contributed by atoms with Gasteiger partial charge in [0.2, 0.25) is 0 Å². The molecule has 0 aromatic heterocycles. The van der Waals surface area contributed by atoms with Gasteiger partial charge in [-0.15, -0.1) is 0 Å². The molecule has 1 atom stereocenters. The van der Waals surface area contributed by atoms with Gasteiger partial charge in [-0.25, -0.2) is 0 Å². The number of nitrogens with one attached hydrogen (secondary N) is 2. The molecule has 114 valence electrons. The molecule has 2 aliphatic rings. The predicted octanol–water partition coefficient (Wildman–Crippen LogP) is 2.95. The van der Waals surface area contributed by atoms with Crippen molar-refractivity contribution in [2.24, 2.45) is 5.92 Å². The van der Waals surface area contributed by atoms with Crippen molar-refractivity contribution in [2.45, 2.75) is 44.6 Å². The maximum Gasteiger partial charge on any atom is 0.315 e. The summed E-state index contributed by atoms with van der Waals surface area (Å²) in [5, 5.41) is 6.78. The fourth-order valence-electron chi connectivity index (χ4n) is 3.21. The Kier molecular flexibility index (Phi) is 4.76. The Labute approximate surface area is 126 Å². The lowest BCUT2D eigenvalue weighted by molar-refractivity contribution is -0.139. The van der Waals surface area contributed by atoms with E-state index < -0.39 is 0 Å². The normalized spacial score (nSPS) is 23.0. The zero-order chi connectivity index (χ0) is 14.5. The van der Waals surface area contributed by atoms with Gasteiger partial charge in [-0.3, -0.25) is 4.79 Å². The summed E-state index contributed by atoms with van der Waals surface area (Å²) in [5.41, 5.74) is 0.946. The van der Waals surface area contributed by atoms with E-state index in [1.54, 1.807) is 0 Å². The van der Waals surface area contributed by atoms with Gasteiger partial charge in [-0.2, -0.15) is 0 Å². The molecule has 1 aromatic carbocycles. The number of carbonyl (C=O) groups is 1. The van der Waals surface area contributed by atoms with Crippen molar-refractivity contribution in [2.75, 3.05) is 18.4 Å². The minimum Gasteiger partial charge on any atom is -0.424 e. The number of hydrogen-bond acceptors (Lipinski definition) is 4. The Bertz CT molecular complexity index is 477. The van der Waals surface area contributed by atoms with Gasteiger partial charge in [0.15, 0.2) is 5.75 Å². The highest BCUT2D eigenvalue weighted by atomic mass is 16.5. The van der Waals surface area contributed by atoms with Crippen molar-refractivity contribution in [1.82, 2.24) is 5.32 Å². The van der Waals surface area contributed by atoms with Crippen LogP contribution in [-0.2, 0) is 4.79 Å². The summed E-state index contributed by atoms with van der Waals surface area (Å²) in [6.45, 7) is 1.74. The van der Waals surface area contributed by atoms with Crippen LogP contribution in [0.5, 0.6) is 5.75 Å². The largest absolute Gasteiger partial charge is 0.424 e. The monoisotopic (exact) mass is 288 g/mol. The summed E-state index contributed by atoms with van der Waals surface area (Å²) in [5.74, 6) is 0.543. The third kappa shape index (κ3) is 3.76. The number of para-hydroxylation sites is 2. The average Bonchev–Trinajstić information content (AvgIpc) is 3.03. The first-order valence-electron chi connectivity index (χ1n) is 8.11. The van der Waals surface area contributed by atoms with Gasteiger partial charge in [0.1, 0.15) is 0 Å². The van der Waals surface area contributed by atoms with Gasteiger partial charge >= 0.3 is 5.97 Å². The van der Waals surface area contributed by atoms with Crippen LogP contribution in [0.3, 0.4) is 0 Å². The first-order chi connectivity index (χ1) is 10.3. The van der Waals surface area contributed by atoms with E-state index in [0.29, 0.717) is 11.8 Å². The van der Waals surface area contributed by atoms with Gasteiger partial charge in [-0.1, -0.05) is 25.0 Å². The van der Waals surface area contributed by atoms with Crippen LogP contribution in [0.2, 0.25) is 0 Å². The molecular weight excluding hydrogens is 264 g/mol. The van der Waals surface area contributed by atoms with Crippen molar-refractivity contribution in [3.63, 3.8) is 0 Å². The molecule has 0 radical (unpaired) electrons. The topological polar surface area (TPSA) is 50.4 Å². The van der Waals surface area contributed by atoms with Crippen LogP contribution in [-0.4, -0.2) is 25.1 Å². The Morgan fingerprint density at radius 3 is 2.71 bits per heavy atom. The first-order valence-corrected chi connectivity index (χ1v) is 8.11. The molecule has 1 aliphatic carbocycles. The molecular formula is C17H24N2O2. The SMILES string of the molecule is O=C(Oc1ccccc1NC1CCCC1)C1CCCNC1. The molecule has 4 nitrogen and oxygen atoms in total. The van der Waals surface area contributed by atoms with Crippen LogP contribution >= 0.6 is 0 Å². The van der Waals surface area contributed by atoms with Gasteiger partial charge in [0, 0.05) is 12.6 Å². The molecule has 3 rings (SSSR count). The summed E-state index contributed by atoms with van der Waals surface area (Å²) < 4.78 is 5.65. The lowest BCUT2D eigenvalue weighted by Crippen LogP contribution is -2.36. The fraction of sp³-hybridized carbons (Fsp3) is 0.588. The Morgan fingerprint density at radius 1 is 1.14 bits per heavy atom. The van der Waals surface area contributed by atoms with Crippen LogP contribution in [0.1, 0.15) is 38.5 Å². The van der Waals surface area contributed by atoms with Crippen LogP contribution in [0.4, 0.5) is 5.69 Å². The van der Waals surface area contributed by atoms with Crippen LogP contribution in [0.25, 0.3) is 0 Å². The Balaban J connectivity index is 1.65. The summed E-state index contributed by atoms with van der Waals surface area (Å²) in [6.07, 6.45) is 6.94. The number of carbonyl (C=O) groups excluding carboxylic acids is 1. The number of piperidine rings is 1. The molecule has 1 heterocycles. The first kappa shape index (κ1) is 14.4. The summed E-state index contributed by atoms with van der Waals surface area (Å²) >= 11 is 0.